The molecule has 0 radical (unpaired) electrons. The average molecular weight is 1140 g/mol. The zero-order valence-corrected chi connectivity index (χ0v) is 54.6. The number of hydrogen-bond acceptors (Lipinski definition) is 6. The minimum Gasteiger partial charge on any atom is -0.462 e. The lowest BCUT2D eigenvalue weighted by atomic mass is 10.0. The van der Waals surface area contributed by atoms with Crippen molar-refractivity contribution in [2.24, 2.45) is 0 Å². The van der Waals surface area contributed by atoms with Gasteiger partial charge in [0.25, 0.3) is 0 Å². The van der Waals surface area contributed by atoms with Gasteiger partial charge in [-0.2, -0.15) is 0 Å². The normalized spacial score (nSPS) is 12.3. The first-order valence-electron chi connectivity index (χ1n) is 36.1. The van der Waals surface area contributed by atoms with Crippen LogP contribution in [0.25, 0.3) is 0 Å². The first kappa shape index (κ1) is 78.4. The first-order valence-corrected chi connectivity index (χ1v) is 36.1. The van der Waals surface area contributed by atoms with Crippen LogP contribution in [0.1, 0.15) is 393 Å². The zero-order chi connectivity index (χ0) is 58.5. The Bertz CT molecular complexity index is 1400. The summed E-state index contributed by atoms with van der Waals surface area (Å²) in [6.07, 6.45) is 88.9. The summed E-state index contributed by atoms with van der Waals surface area (Å²) in [5.74, 6) is -0.881. The molecule has 0 saturated heterocycles. The number of esters is 3. The van der Waals surface area contributed by atoms with Crippen LogP contribution in [0, 0.1) is 0 Å². The van der Waals surface area contributed by atoms with E-state index in [0.717, 1.165) is 96.3 Å². The lowest BCUT2D eigenvalue weighted by Gasteiger charge is -2.18. The lowest BCUT2D eigenvalue weighted by molar-refractivity contribution is -0.167. The van der Waals surface area contributed by atoms with Crippen LogP contribution in [0.15, 0.2) is 48.6 Å². The van der Waals surface area contributed by atoms with Crippen molar-refractivity contribution >= 4 is 17.9 Å². The van der Waals surface area contributed by atoms with Gasteiger partial charge in [-0.1, -0.05) is 365 Å². The van der Waals surface area contributed by atoms with Crippen molar-refractivity contribution in [3.05, 3.63) is 48.6 Å². The van der Waals surface area contributed by atoms with Crippen LogP contribution >= 0.6 is 0 Å². The summed E-state index contributed by atoms with van der Waals surface area (Å²) in [6.45, 7) is 6.56. The van der Waals surface area contributed by atoms with Crippen molar-refractivity contribution in [2.45, 2.75) is 399 Å². The Hall–Kier alpha value is -2.63. The monoisotopic (exact) mass is 1140 g/mol. The van der Waals surface area contributed by atoms with Gasteiger partial charge in [0.1, 0.15) is 13.2 Å². The molecule has 0 amide bonds. The van der Waals surface area contributed by atoms with Crippen LogP contribution in [0.5, 0.6) is 0 Å². The second-order valence-electron chi connectivity index (χ2n) is 24.5. The SMILES string of the molecule is CC/C=C\C/C=C\C/C=C\C/C=C\CCCCCCC(=O)OC(COC(=O)CCCCCCCCCCCCC)COC(=O)CCCCCCCCCCCCCCCCCCCCCCCCCCCCCCCCCCCCC. The van der Waals surface area contributed by atoms with Crippen molar-refractivity contribution in [3.63, 3.8) is 0 Å². The van der Waals surface area contributed by atoms with Crippen molar-refractivity contribution in [1.29, 1.82) is 0 Å². The van der Waals surface area contributed by atoms with Crippen molar-refractivity contribution in [3.8, 4) is 0 Å². The molecule has 0 aliphatic rings. The Morgan fingerprint density at radius 1 is 0.259 bits per heavy atom. The van der Waals surface area contributed by atoms with E-state index in [9.17, 15) is 14.4 Å². The third kappa shape index (κ3) is 68.0. The number of ether oxygens (including phenoxy) is 3. The second-order valence-corrected chi connectivity index (χ2v) is 24.5. The topological polar surface area (TPSA) is 78.9 Å². The summed E-state index contributed by atoms with van der Waals surface area (Å²) in [5, 5.41) is 0. The third-order valence-corrected chi connectivity index (χ3v) is 16.3. The molecule has 0 bridgehead atoms. The summed E-state index contributed by atoms with van der Waals surface area (Å²) < 4.78 is 16.9. The molecule has 81 heavy (non-hydrogen) atoms. The van der Waals surface area contributed by atoms with Crippen molar-refractivity contribution < 1.29 is 28.6 Å². The molecular weight excluding hydrogens is 997 g/mol. The molecule has 0 spiro atoms. The molecule has 0 aromatic rings. The van der Waals surface area contributed by atoms with E-state index in [4.69, 9.17) is 14.2 Å². The van der Waals surface area contributed by atoms with Gasteiger partial charge in [-0.3, -0.25) is 14.4 Å². The van der Waals surface area contributed by atoms with Crippen LogP contribution in [0.2, 0.25) is 0 Å². The molecule has 0 fully saturated rings. The third-order valence-electron chi connectivity index (χ3n) is 16.3. The van der Waals surface area contributed by atoms with Gasteiger partial charge in [0.15, 0.2) is 6.10 Å². The summed E-state index contributed by atoms with van der Waals surface area (Å²) in [7, 11) is 0. The summed E-state index contributed by atoms with van der Waals surface area (Å²) in [5.41, 5.74) is 0. The molecule has 1 atom stereocenters. The highest BCUT2D eigenvalue weighted by Crippen LogP contribution is 2.19. The minimum absolute atomic E-state index is 0.0785. The Balaban J connectivity index is 4.04. The van der Waals surface area contributed by atoms with E-state index < -0.39 is 6.10 Å². The van der Waals surface area contributed by atoms with Crippen LogP contribution < -0.4 is 0 Å². The second kappa shape index (κ2) is 69.9. The predicted molar refractivity (Wildman–Crippen MR) is 353 cm³/mol. The Morgan fingerprint density at radius 3 is 0.753 bits per heavy atom. The van der Waals surface area contributed by atoms with Gasteiger partial charge in [0.2, 0.25) is 0 Å². The fraction of sp³-hybridized carbons (Fsp3) is 0.853. The number of rotatable bonds is 67. The molecule has 6 heteroatoms. The van der Waals surface area contributed by atoms with Gasteiger partial charge in [-0.15, -0.1) is 0 Å². The maximum Gasteiger partial charge on any atom is 0.306 e. The van der Waals surface area contributed by atoms with Gasteiger partial charge in [0.05, 0.1) is 0 Å². The maximum absolute atomic E-state index is 12.9. The lowest BCUT2D eigenvalue weighted by Crippen LogP contribution is -2.30. The molecule has 0 heterocycles. The quantitative estimate of drug-likeness (QED) is 0.0261. The van der Waals surface area contributed by atoms with Crippen molar-refractivity contribution in [1.82, 2.24) is 0 Å². The highest BCUT2D eigenvalue weighted by molar-refractivity contribution is 5.71. The smallest absolute Gasteiger partial charge is 0.306 e. The molecule has 0 aliphatic carbocycles. The Morgan fingerprint density at radius 2 is 0.481 bits per heavy atom. The molecular formula is C75H138O6. The zero-order valence-electron chi connectivity index (χ0n) is 54.6. The van der Waals surface area contributed by atoms with Gasteiger partial charge >= 0.3 is 17.9 Å². The number of allylic oxidation sites excluding steroid dienone is 8. The summed E-state index contributed by atoms with van der Waals surface area (Å²) in [6, 6.07) is 0. The summed E-state index contributed by atoms with van der Waals surface area (Å²) in [4.78, 5) is 38.3. The highest BCUT2D eigenvalue weighted by atomic mass is 16.6. The van der Waals surface area contributed by atoms with E-state index in [0.29, 0.717) is 19.3 Å². The molecule has 0 aromatic carbocycles. The summed E-state index contributed by atoms with van der Waals surface area (Å²) >= 11 is 0. The molecule has 0 aliphatic heterocycles. The molecule has 6 nitrogen and oxygen atoms in total. The molecule has 0 saturated carbocycles. The number of hydrogen-bond donors (Lipinski definition) is 0. The number of carbonyl (C=O) groups excluding carboxylic acids is 3. The van der Waals surface area contributed by atoms with Crippen LogP contribution in [-0.4, -0.2) is 37.2 Å². The minimum atomic E-state index is -0.784. The van der Waals surface area contributed by atoms with E-state index in [-0.39, 0.29) is 31.1 Å². The van der Waals surface area contributed by atoms with E-state index >= 15 is 0 Å². The standard InChI is InChI=1S/C75H138O6/c1-4-7-10-13-16-19-22-24-26-28-29-30-31-32-33-34-35-36-37-38-39-40-41-42-43-44-45-47-48-50-53-56-59-62-65-68-74(77)80-71-72(70-79-73(76)67-64-61-58-55-52-21-18-15-12-9-6-3)81-75(78)69-66-63-60-57-54-51-49-46-27-25-23-20-17-14-11-8-5-2/h8,11,17,20,25,27,49,51,72H,4-7,9-10,12-16,18-19,21-24,26,28-48,50,52-71H2,1-3H3/b11-8-,20-17-,27-25-,51-49-. The molecule has 0 N–H and O–H groups in total. The number of unbranched alkanes of at least 4 members (excludes halogenated alkanes) is 48. The van der Waals surface area contributed by atoms with Crippen molar-refractivity contribution in [2.75, 3.05) is 13.2 Å². The molecule has 0 aromatic heterocycles. The Labute approximate surface area is 505 Å². The van der Waals surface area contributed by atoms with E-state index in [1.54, 1.807) is 0 Å². The van der Waals surface area contributed by atoms with Crippen LogP contribution in [0.4, 0.5) is 0 Å². The molecule has 0 rings (SSSR count). The van der Waals surface area contributed by atoms with E-state index in [2.05, 4.69) is 69.4 Å². The van der Waals surface area contributed by atoms with Crippen LogP contribution in [0.3, 0.4) is 0 Å². The number of carbonyl (C=O) groups is 3. The fourth-order valence-corrected chi connectivity index (χ4v) is 11.0. The Kier molecular flexibility index (Phi) is 67.6. The first-order chi connectivity index (χ1) is 40.0. The largest absolute Gasteiger partial charge is 0.462 e. The van der Waals surface area contributed by atoms with E-state index in [1.807, 2.05) is 0 Å². The average Bonchev–Trinajstić information content (AvgIpc) is 3.47. The van der Waals surface area contributed by atoms with Gasteiger partial charge < -0.3 is 14.2 Å². The molecule has 474 valence electrons. The fourth-order valence-electron chi connectivity index (χ4n) is 11.0. The molecule has 1 unspecified atom stereocenters. The highest BCUT2D eigenvalue weighted by Gasteiger charge is 2.19. The predicted octanol–water partition coefficient (Wildman–Crippen LogP) is 24.9. The van der Waals surface area contributed by atoms with E-state index in [1.165, 1.54) is 257 Å². The van der Waals surface area contributed by atoms with Gasteiger partial charge in [-0.25, -0.2) is 0 Å². The van der Waals surface area contributed by atoms with Gasteiger partial charge in [-0.05, 0) is 57.8 Å². The van der Waals surface area contributed by atoms with Gasteiger partial charge in [0, 0.05) is 19.3 Å². The maximum atomic E-state index is 12.9. The van der Waals surface area contributed by atoms with Crippen LogP contribution in [-0.2, 0) is 28.6 Å².